The van der Waals surface area contributed by atoms with Gasteiger partial charge in [-0.2, -0.15) is 5.06 Å². The minimum atomic E-state index is -0.802. The molecule has 0 amide bonds. The molecule has 4 rings (SSSR count). The zero-order chi connectivity index (χ0) is 26.4. The average molecular weight is 512 g/mol. The molecule has 200 valence electrons. The van der Waals surface area contributed by atoms with Crippen LogP contribution in [0.3, 0.4) is 0 Å². The Morgan fingerprint density at radius 3 is 2.81 bits per heavy atom. The third-order valence-corrected chi connectivity index (χ3v) is 7.38. The first-order valence-electron chi connectivity index (χ1n) is 13.2. The predicted octanol–water partition coefficient (Wildman–Crippen LogP) is 5.42. The Kier molecular flexibility index (Phi) is 8.95. The van der Waals surface area contributed by atoms with Crippen molar-refractivity contribution in [1.29, 1.82) is 0 Å². The molecule has 0 unspecified atom stereocenters. The van der Waals surface area contributed by atoms with E-state index in [9.17, 15) is 14.4 Å². The fourth-order valence-electron chi connectivity index (χ4n) is 5.81. The smallest absolute Gasteiger partial charge is 0.332 e. The SMILES string of the molecule is COCC(=O)O[C@]1(CCN(O)CCCCc2nc3ccccc3[nH]2)CCc2cc(F)ccc2[C@@H]1C(C)C. The molecule has 0 fully saturated rings. The minimum absolute atomic E-state index is 0.112. The minimum Gasteiger partial charge on any atom is -0.457 e. The summed E-state index contributed by atoms with van der Waals surface area (Å²) in [5.74, 6) is 0.310. The molecule has 37 heavy (non-hydrogen) atoms. The van der Waals surface area contributed by atoms with Crippen LogP contribution in [0.2, 0.25) is 0 Å². The lowest BCUT2D eigenvalue weighted by atomic mass is 9.65. The number of aromatic amines is 1. The van der Waals surface area contributed by atoms with Gasteiger partial charge in [-0.25, -0.2) is 14.2 Å². The summed E-state index contributed by atoms with van der Waals surface area (Å²) >= 11 is 0. The van der Waals surface area contributed by atoms with Crippen molar-refractivity contribution in [3.63, 3.8) is 0 Å². The van der Waals surface area contributed by atoms with Crippen LogP contribution in [-0.2, 0) is 27.1 Å². The molecule has 1 heterocycles. The van der Waals surface area contributed by atoms with Gasteiger partial charge in [0.2, 0.25) is 0 Å². The van der Waals surface area contributed by atoms with Crippen LogP contribution in [0.25, 0.3) is 11.0 Å². The van der Waals surface area contributed by atoms with E-state index in [1.54, 1.807) is 6.07 Å². The third kappa shape index (κ3) is 6.55. The number of benzene rings is 2. The molecule has 1 aliphatic carbocycles. The second kappa shape index (κ2) is 12.2. The van der Waals surface area contributed by atoms with Crippen molar-refractivity contribution < 1.29 is 23.9 Å². The summed E-state index contributed by atoms with van der Waals surface area (Å²) in [6.07, 6.45) is 4.16. The maximum atomic E-state index is 13.9. The number of esters is 1. The first-order valence-corrected chi connectivity index (χ1v) is 13.2. The Hall–Kier alpha value is -2.81. The van der Waals surface area contributed by atoms with Gasteiger partial charge in [-0.05, 0) is 67.0 Å². The molecule has 0 radical (unpaired) electrons. The Morgan fingerprint density at radius 1 is 1.24 bits per heavy atom. The number of hydrogen-bond acceptors (Lipinski definition) is 6. The molecule has 2 aromatic carbocycles. The number of halogens is 1. The van der Waals surface area contributed by atoms with Crippen molar-refractivity contribution in [2.45, 2.75) is 63.9 Å². The van der Waals surface area contributed by atoms with E-state index in [0.29, 0.717) is 32.4 Å². The Labute approximate surface area is 217 Å². The largest absolute Gasteiger partial charge is 0.457 e. The maximum Gasteiger partial charge on any atom is 0.332 e. The second-order valence-corrected chi connectivity index (χ2v) is 10.4. The summed E-state index contributed by atoms with van der Waals surface area (Å²) in [4.78, 5) is 20.6. The van der Waals surface area contributed by atoms with Crippen molar-refractivity contribution in [3.8, 4) is 0 Å². The van der Waals surface area contributed by atoms with Gasteiger partial charge in [-0.3, -0.25) is 0 Å². The zero-order valence-electron chi connectivity index (χ0n) is 22.0. The van der Waals surface area contributed by atoms with Gasteiger partial charge in [0.05, 0.1) is 11.0 Å². The average Bonchev–Trinajstić information content (AvgIpc) is 3.28. The number of hydrogen-bond donors (Lipinski definition) is 2. The summed E-state index contributed by atoms with van der Waals surface area (Å²) in [5.41, 5.74) is 3.17. The fraction of sp³-hybridized carbons (Fsp3) is 0.517. The van der Waals surface area contributed by atoms with Gasteiger partial charge in [0.1, 0.15) is 23.8 Å². The van der Waals surface area contributed by atoms with Crippen LogP contribution in [0.15, 0.2) is 42.5 Å². The van der Waals surface area contributed by atoms with Crippen LogP contribution >= 0.6 is 0 Å². The van der Waals surface area contributed by atoms with Gasteiger partial charge in [-0.15, -0.1) is 0 Å². The standard InChI is InChI=1S/C29H38FN3O4/c1-20(2)28-23-12-11-22(30)18-21(23)13-14-29(28,37-27(34)19-36-3)15-17-33(35)16-7-6-10-26-31-24-8-4-5-9-25(24)32-26/h4-5,8-9,11-12,18,20,28,35H,6-7,10,13-17,19H2,1-3H3,(H,31,32)/t28-,29-/m0/s1. The number of carbonyl (C=O) groups is 1. The highest BCUT2D eigenvalue weighted by atomic mass is 19.1. The number of nitrogens with one attached hydrogen (secondary N) is 1. The first kappa shape index (κ1) is 27.2. The number of fused-ring (bicyclic) bond motifs is 2. The van der Waals surface area contributed by atoms with E-state index in [0.717, 1.165) is 47.2 Å². The molecule has 2 atom stereocenters. The molecule has 0 saturated heterocycles. The molecule has 8 heteroatoms. The maximum absolute atomic E-state index is 13.9. The van der Waals surface area contributed by atoms with Gasteiger partial charge in [0.15, 0.2) is 0 Å². The van der Waals surface area contributed by atoms with Gasteiger partial charge < -0.3 is 19.7 Å². The molecule has 2 N–H and O–H groups in total. The number of nitrogens with zero attached hydrogens (tertiary/aromatic N) is 2. The van der Waals surface area contributed by atoms with Crippen LogP contribution in [0.1, 0.15) is 62.4 Å². The lowest BCUT2D eigenvalue weighted by Gasteiger charge is -2.47. The van der Waals surface area contributed by atoms with E-state index in [1.165, 1.54) is 18.2 Å². The number of imidazole rings is 1. The van der Waals surface area contributed by atoms with Crippen LogP contribution in [0, 0.1) is 11.7 Å². The first-order chi connectivity index (χ1) is 17.8. The summed E-state index contributed by atoms with van der Waals surface area (Å²) in [5, 5.41) is 12.0. The van der Waals surface area contributed by atoms with Gasteiger partial charge in [-0.1, -0.05) is 32.0 Å². The molecule has 3 aromatic rings. The van der Waals surface area contributed by atoms with E-state index in [-0.39, 0.29) is 24.3 Å². The number of aromatic nitrogens is 2. The number of carbonyl (C=O) groups excluding carboxylic acids is 1. The summed E-state index contributed by atoms with van der Waals surface area (Å²) in [6.45, 7) is 4.93. The summed E-state index contributed by atoms with van der Waals surface area (Å²) in [6, 6.07) is 12.9. The second-order valence-electron chi connectivity index (χ2n) is 10.4. The lowest BCUT2D eigenvalue weighted by Crippen LogP contribution is -2.49. The van der Waals surface area contributed by atoms with Crippen LogP contribution in [-0.4, -0.2) is 58.6 Å². The monoisotopic (exact) mass is 511 g/mol. The van der Waals surface area contributed by atoms with E-state index < -0.39 is 11.6 Å². The van der Waals surface area contributed by atoms with E-state index in [1.807, 2.05) is 30.3 Å². The highest BCUT2D eigenvalue weighted by Gasteiger charge is 2.47. The quantitative estimate of drug-likeness (QED) is 0.192. The zero-order valence-corrected chi connectivity index (χ0v) is 22.0. The van der Waals surface area contributed by atoms with Crippen LogP contribution < -0.4 is 0 Å². The molecule has 0 bridgehead atoms. The number of hydroxylamine groups is 2. The van der Waals surface area contributed by atoms with Crippen molar-refractivity contribution in [2.24, 2.45) is 5.92 Å². The predicted molar refractivity (Wildman–Crippen MR) is 140 cm³/mol. The van der Waals surface area contributed by atoms with Crippen molar-refractivity contribution >= 4 is 17.0 Å². The van der Waals surface area contributed by atoms with Gasteiger partial charge in [0, 0.05) is 39.0 Å². The number of rotatable bonds is 12. The lowest BCUT2D eigenvalue weighted by molar-refractivity contribution is -0.176. The topological polar surface area (TPSA) is 87.7 Å². The summed E-state index contributed by atoms with van der Waals surface area (Å²) in [7, 11) is 1.47. The number of aryl methyl sites for hydroxylation is 2. The molecule has 7 nitrogen and oxygen atoms in total. The van der Waals surface area contributed by atoms with E-state index >= 15 is 0 Å². The molecule has 0 saturated carbocycles. The van der Waals surface area contributed by atoms with Gasteiger partial charge in [0.25, 0.3) is 0 Å². The van der Waals surface area contributed by atoms with E-state index in [4.69, 9.17) is 9.47 Å². The molecule has 0 spiro atoms. The summed E-state index contributed by atoms with van der Waals surface area (Å²) < 4.78 is 25.1. The number of ether oxygens (including phenoxy) is 2. The fourth-order valence-corrected chi connectivity index (χ4v) is 5.81. The number of unbranched alkanes of at least 4 members (excludes halogenated alkanes) is 1. The van der Waals surface area contributed by atoms with E-state index in [2.05, 4.69) is 23.8 Å². The van der Waals surface area contributed by atoms with Crippen LogP contribution in [0.4, 0.5) is 4.39 Å². The molecule has 1 aromatic heterocycles. The highest BCUT2D eigenvalue weighted by Crippen LogP contribution is 2.48. The van der Waals surface area contributed by atoms with Gasteiger partial charge >= 0.3 is 5.97 Å². The number of para-hydroxylation sites is 2. The van der Waals surface area contributed by atoms with Crippen molar-refractivity contribution in [3.05, 3.63) is 65.2 Å². The Morgan fingerprint density at radius 2 is 2.05 bits per heavy atom. The molecule has 1 aliphatic rings. The number of H-pyrrole nitrogens is 1. The normalized spacial score (nSPS) is 19.5. The Bertz CT molecular complexity index is 1160. The third-order valence-electron chi connectivity index (χ3n) is 7.38. The van der Waals surface area contributed by atoms with Crippen LogP contribution in [0.5, 0.6) is 0 Å². The molecule has 0 aliphatic heterocycles. The molecular formula is C29H38FN3O4. The van der Waals surface area contributed by atoms with Crippen molar-refractivity contribution in [2.75, 3.05) is 26.8 Å². The van der Waals surface area contributed by atoms with Crippen molar-refractivity contribution in [1.82, 2.24) is 15.0 Å². The highest BCUT2D eigenvalue weighted by molar-refractivity contribution is 5.74. The molecular weight excluding hydrogens is 473 g/mol. The Balaban J connectivity index is 1.39. The number of methoxy groups -OCH3 is 1.